The Morgan fingerprint density at radius 3 is 2.56 bits per heavy atom. The van der Waals surface area contributed by atoms with E-state index < -0.39 is 18.8 Å². The Balaban J connectivity index is 1.48. The topological polar surface area (TPSA) is 102 Å². The van der Waals surface area contributed by atoms with Gasteiger partial charge in [-0.2, -0.15) is 13.2 Å². The van der Waals surface area contributed by atoms with Crippen LogP contribution in [0.3, 0.4) is 0 Å². The largest absolute Gasteiger partial charge is 0.483 e. The molecule has 8 nitrogen and oxygen atoms in total. The second kappa shape index (κ2) is 10.2. The maximum atomic E-state index is 12.8. The molecule has 2 N–H and O–H groups in total. The van der Waals surface area contributed by atoms with Crippen LogP contribution < -0.4 is 10.1 Å². The van der Waals surface area contributed by atoms with Crippen molar-refractivity contribution in [1.29, 1.82) is 0 Å². The fourth-order valence-electron chi connectivity index (χ4n) is 3.49. The molecule has 0 bridgehead atoms. The summed E-state index contributed by atoms with van der Waals surface area (Å²) >= 11 is 0. The molecule has 4 rings (SSSR count). The summed E-state index contributed by atoms with van der Waals surface area (Å²) in [6.45, 7) is -1.35. The first-order valence-corrected chi connectivity index (χ1v) is 10.9. The number of alkyl halides is 3. The SMILES string of the molecule is O=C(Cc1ccc(C2CC2)cc1)NC(c1ccc(OCC(F)(F)F)cn1)c1cn(CCO)nn1. The molecular weight excluding hydrogens is 451 g/mol. The third-order valence-electron chi connectivity index (χ3n) is 5.34. The Bertz CT molecular complexity index is 1100. The first-order chi connectivity index (χ1) is 16.3. The number of nitrogens with zero attached hydrogens (tertiary/aromatic N) is 4. The predicted octanol–water partition coefficient (Wildman–Crippen LogP) is 2.93. The molecule has 11 heteroatoms. The van der Waals surface area contributed by atoms with E-state index in [2.05, 4.69) is 20.6 Å². The van der Waals surface area contributed by atoms with Crippen molar-refractivity contribution in [1.82, 2.24) is 25.3 Å². The molecule has 1 fully saturated rings. The van der Waals surface area contributed by atoms with E-state index in [1.165, 1.54) is 35.2 Å². The van der Waals surface area contributed by atoms with Gasteiger partial charge in [0.05, 0.1) is 37.7 Å². The number of carbonyl (C=O) groups is 1. The number of hydrogen-bond donors (Lipinski definition) is 2. The van der Waals surface area contributed by atoms with Crippen molar-refractivity contribution in [2.75, 3.05) is 13.2 Å². The highest BCUT2D eigenvalue weighted by Crippen LogP contribution is 2.39. The molecule has 2 heterocycles. The number of ether oxygens (including phenoxy) is 1. The van der Waals surface area contributed by atoms with Crippen LogP contribution in [0, 0.1) is 0 Å². The highest BCUT2D eigenvalue weighted by atomic mass is 19.4. The van der Waals surface area contributed by atoms with E-state index in [-0.39, 0.29) is 31.2 Å². The Kier molecular flexibility index (Phi) is 7.11. The molecule has 1 aromatic carbocycles. The number of carbonyl (C=O) groups excluding carboxylic acids is 1. The van der Waals surface area contributed by atoms with Crippen molar-refractivity contribution in [3.63, 3.8) is 0 Å². The first kappa shape index (κ1) is 23.7. The summed E-state index contributed by atoms with van der Waals surface area (Å²) in [5, 5.41) is 20.0. The predicted molar refractivity (Wildman–Crippen MR) is 115 cm³/mol. The summed E-state index contributed by atoms with van der Waals surface area (Å²) < 4.78 is 43.3. The average molecular weight is 475 g/mol. The molecule has 2 aromatic heterocycles. The summed E-state index contributed by atoms with van der Waals surface area (Å²) in [5.74, 6) is 0.300. The van der Waals surface area contributed by atoms with Crippen molar-refractivity contribution in [3.05, 3.63) is 71.3 Å². The molecule has 34 heavy (non-hydrogen) atoms. The van der Waals surface area contributed by atoms with E-state index in [1.807, 2.05) is 24.3 Å². The lowest BCUT2D eigenvalue weighted by Crippen LogP contribution is -2.31. The van der Waals surface area contributed by atoms with E-state index in [0.29, 0.717) is 17.3 Å². The minimum atomic E-state index is -4.46. The lowest BCUT2D eigenvalue weighted by molar-refractivity contribution is -0.153. The smallest absolute Gasteiger partial charge is 0.422 e. The van der Waals surface area contributed by atoms with E-state index in [0.717, 1.165) is 11.8 Å². The normalized spacial score (nSPS) is 14.6. The van der Waals surface area contributed by atoms with Crippen LogP contribution in [0.2, 0.25) is 0 Å². The van der Waals surface area contributed by atoms with E-state index in [9.17, 15) is 18.0 Å². The Morgan fingerprint density at radius 2 is 1.94 bits per heavy atom. The van der Waals surface area contributed by atoms with Crippen LogP contribution in [0.15, 0.2) is 48.8 Å². The molecular formula is C23H24F3N5O3. The molecule has 1 aliphatic rings. The summed E-state index contributed by atoms with van der Waals surface area (Å²) in [7, 11) is 0. The quantitative estimate of drug-likeness (QED) is 0.468. The van der Waals surface area contributed by atoms with Gasteiger partial charge in [-0.1, -0.05) is 29.5 Å². The third-order valence-corrected chi connectivity index (χ3v) is 5.34. The van der Waals surface area contributed by atoms with Gasteiger partial charge in [0.2, 0.25) is 5.91 Å². The van der Waals surface area contributed by atoms with Gasteiger partial charge in [-0.05, 0) is 42.0 Å². The Labute approximate surface area is 193 Å². The van der Waals surface area contributed by atoms with Crippen molar-refractivity contribution >= 4 is 5.91 Å². The molecule has 0 radical (unpaired) electrons. The standard InChI is InChI=1S/C23H24F3N5O3/c24-23(25,26)14-34-18-7-8-19(27-12-18)22(20-13-31(9-10-32)30-29-20)28-21(33)11-15-1-3-16(4-2-15)17-5-6-17/h1-4,7-8,12-13,17,22,32H,5-6,9-11,14H2,(H,28,33). The molecule has 1 unspecified atom stereocenters. The number of halogens is 3. The zero-order valence-corrected chi connectivity index (χ0v) is 18.2. The minimum Gasteiger partial charge on any atom is -0.483 e. The number of rotatable bonds is 10. The maximum Gasteiger partial charge on any atom is 0.422 e. The first-order valence-electron chi connectivity index (χ1n) is 10.9. The zero-order chi connectivity index (χ0) is 24.1. The van der Waals surface area contributed by atoms with Crippen molar-refractivity contribution < 1.29 is 27.8 Å². The van der Waals surface area contributed by atoms with Crippen LogP contribution >= 0.6 is 0 Å². The Hall–Kier alpha value is -3.47. The van der Waals surface area contributed by atoms with Crippen molar-refractivity contribution in [2.24, 2.45) is 0 Å². The molecule has 1 atom stereocenters. The van der Waals surface area contributed by atoms with Crippen LogP contribution in [0.4, 0.5) is 13.2 Å². The molecule has 1 saturated carbocycles. The lowest BCUT2D eigenvalue weighted by Gasteiger charge is -2.17. The lowest BCUT2D eigenvalue weighted by atomic mass is 10.1. The highest BCUT2D eigenvalue weighted by molar-refractivity contribution is 5.79. The van der Waals surface area contributed by atoms with Gasteiger partial charge in [-0.3, -0.25) is 9.78 Å². The Morgan fingerprint density at radius 1 is 1.18 bits per heavy atom. The second-order valence-electron chi connectivity index (χ2n) is 8.15. The number of amides is 1. The molecule has 0 saturated heterocycles. The highest BCUT2D eigenvalue weighted by Gasteiger charge is 2.29. The second-order valence-corrected chi connectivity index (χ2v) is 8.15. The van der Waals surface area contributed by atoms with Gasteiger partial charge in [-0.25, -0.2) is 4.68 Å². The third kappa shape index (κ3) is 6.53. The van der Waals surface area contributed by atoms with Crippen molar-refractivity contribution in [3.8, 4) is 5.75 Å². The van der Waals surface area contributed by atoms with Crippen molar-refractivity contribution in [2.45, 2.75) is 43.9 Å². The summed E-state index contributed by atoms with van der Waals surface area (Å²) in [6, 6.07) is 9.98. The fourth-order valence-corrected chi connectivity index (χ4v) is 3.49. The number of hydrogen-bond acceptors (Lipinski definition) is 6. The molecule has 3 aromatic rings. The molecule has 1 aliphatic carbocycles. The van der Waals surface area contributed by atoms with Gasteiger partial charge in [0.15, 0.2) is 6.61 Å². The van der Waals surface area contributed by atoms with Gasteiger partial charge in [0.1, 0.15) is 17.5 Å². The van der Waals surface area contributed by atoms with Crippen LogP contribution in [-0.2, 0) is 17.8 Å². The molecule has 180 valence electrons. The number of aromatic nitrogens is 4. The summed E-state index contributed by atoms with van der Waals surface area (Å²) in [5.41, 5.74) is 2.86. The molecule has 1 amide bonds. The monoisotopic (exact) mass is 475 g/mol. The van der Waals surface area contributed by atoms with Gasteiger partial charge in [0.25, 0.3) is 0 Å². The van der Waals surface area contributed by atoms with Gasteiger partial charge in [-0.15, -0.1) is 5.10 Å². The number of pyridine rings is 1. The number of aliphatic hydroxyl groups is 1. The molecule has 0 spiro atoms. The minimum absolute atomic E-state index is 0.0501. The summed E-state index contributed by atoms with van der Waals surface area (Å²) in [6.07, 6.45) is 0.809. The number of aliphatic hydroxyl groups excluding tert-OH is 1. The maximum absolute atomic E-state index is 12.8. The number of benzene rings is 1. The molecule has 0 aliphatic heterocycles. The zero-order valence-electron chi connectivity index (χ0n) is 18.2. The van der Waals surface area contributed by atoms with Crippen LogP contribution in [0.25, 0.3) is 0 Å². The fraction of sp³-hybridized carbons (Fsp3) is 0.391. The van der Waals surface area contributed by atoms with Gasteiger partial charge >= 0.3 is 6.18 Å². The summed E-state index contributed by atoms with van der Waals surface area (Å²) in [4.78, 5) is 17.0. The van der Waals surface area contributed by atoms with E-state index in [1.54, 1.807) is 6.20 Å². The van der Waals surface area contributed by atoms with Gasteiger partial charge < -0.3 is 15.2 Å². The van der Waals surface area contributed by atoms with E-state index >= 15 is 0 Å². The average Bonchev–Trinajstić information content (AvgIpc) is 3.56. The number of nitrogens with one attached hydrogen (secondary N) is 1. The van der Waals surface area contributed by atoms with Crippen LogP contribution in [-0.4, -0.2) is 50.4 Å². The van der Waals surface area contributed by atoms with Crippen LogP contribution in [0.1, 0.15) is 47.3 Å². The van der Waals surface area contributed by atoms with Gasteiger partial charge in [0, 0.05) is 0 Å². The van der Waals surface area contributed by atoms with E-state index in [4.69, 9.17) is 9.84 Å². The van der Waals surface area contributed by atoms with Crippen LogP contribution in [0.5, 0.6) is 5.75 Å².